The number of nitrogens with two attached hydrogens (primary N) is 1. The molecule has 0 spiro atoms. The number of aromatic nitrogens is 1. The van der Waals surface area contributed by atoms with E-state index < -0.39 is 5.41 Å². The second-order valence-corrected chi connectivity index (χ2v) is 5.76. The van der Waals surface area contributed by atoms with Crippen molar-refractivity contribution in [3.05, 3.63) is 52.0 Å². The van der Waals surface area contributed by atoms with E-state index in [1.165, 1.54) is 18.4 Å². The maximum atomic E-state index is 12.4. The highest BCUT2D eigenvalue weighted by molar-refractivity contribution is 7.09. The molecule has 0 amide bonds. The predicted molar refractivity (Wildman–Crippen MR) is 79.7 cm³/mol. The summed E-state index contributed by atoms with van der Waals surface area (Å²) in [6.45, 7) is 2.19. The molecule has 5 heteroatoms. The van der Waals surface area contributed by atoms with E-state index in [2.05, 4.69) is 4.98 Å². The second-order valence-electron chi connectivity index (χ2n) is 4.79. The highest BCUT2D eigenvalue weighted by Gasteiger charge is 2.40. The maximum Gasteiger partial charge on any atom is 0.317 e. The summed E-state index contributed by atoms with van der Waals surface area (Å²) in [7, 11) is 1.40. The molecule has 1 aromatic carbocycles. The van der Waals surface area contributed by atoms with Gasteiger partial charge in [-0.1, -0.05) is 29.8 Å². The summed E-state index contributed by atoms with van der Waals surface area (Å²) in [5, 5.41) is 0. The number of hydrogen-bond acceptors (Lipinski definition) is 5. The van der Waals surface area contributed by atoms with Crippen molar-refractivity contribution in [3.8, 4) is 0 Å². The number of methoxy groups -OCH3 is 1. The Hall–Kier alpha value is -1.72. The zero-order valence-corrected chi connectivity index (χ0v) is 12.4. The van der Waals surface area contributed by atoms with Crippen molar-refractivity contribution in [1.82, 2.24) is 4.98 Å². The van der Waals surface area contributed by atoms with E-state index in [4.69, 9.17) is 10.5 Å². The third-order valence-corrected chi connectivity index (χ3v) is 4.23. The highest BCUT2D eigenvalue weighted by Crippen LogP contribution is 2.31. The minimum atomic E-state index is -0.854. The van der Waals surface area contributed by atoms with Crippen LogP contribution in [0.5, 0.6) is 0 Å². The summed E-state index contributed by atoms with van der Waals surface area (Å²) in [4.78, 5) is 17.5. The van der Waals surface area contributed by atoms with Crippen LogP contribution in [-0.2, 0) is 21.4 Å². The molecular formula is C15H18N2O2S. The van der Waals surface area contributed by atoms with E-state index in [1.54, 1.807) is 11.7 Å². The number of ether oxygens (including phenoxy) is 1. The van der Waals surface area contributed by atoms with Crippen LogP contribution in [0.15, 0.2) is 36.0 Å². The quantitative estimate of drug-likeness (QED) is 0.856. The van der Waals surface area contributed by atoms with Gasteiger partial charge in [-0.3, -0.25) is 9.78 Å². The fraction of sp³-hybridized carbons (Fsp3) is 0.333. The van der Waals surface area contributed by atoms with E-state index in [-0.39, 0.29) is 12.5 Å². The van der Waals surface area contributed by atoms with Crippen LogP contribution in [0.1, 0.15) is 16.0 Å². The summed E-state index contributed by atoms with van der Waals surface area (Å²) in [6, 6.07) is 7.85. The molecule has 0 aliphatic rings. The van der Waals surface area contributed by atoms with Crippen molar-refractivity contribution < 1.29 is 9.53 Å². The second kappa shape index (κ2) is 6.15. The van der Waals surface area contributed by atoms with Crippen LogP contribution >= 0.6 is 11.3 Å². The number of rotatable bonds is 5. The van der Waals surface area contributed by atoms with Gasteiger partial charge in [0.25, 0.3) is 0 Å². The lowest BCUT2D eigenvalue weighted by Crippen LogP contribution is -2.45. The van der Waals surface area contributed by atoms with E-state index in [1.807, 2.05) is 31.2 Å². The van der Waals surface area contributed by atoms with Crippen molar-refractivity contribution in [2.75, 3.05) is 13.7 Å². The predicted octanol–water partition coefficient (Wildman–Crippen LogP) is 2.06. The lowest BCUT2D eigenvalue weighted by molar-refractivity contribution is -0.147. The summed E-state index contributed by atoms with van der Waals surface area (Å²) in [5.41, 5.74) is 8.85. The molecule has 20 heavy (non-hydrogen) atoms. The minimum Gasteiger partial charge on any atom is -0.468 e. The van der Waals surface area contributed by atoms with Gasteiger partial charge in [0.05, 0.1) is 12.6 Å². The van der Waals surface area contributed by atoms with Gasteiger partial charge in [0.1, 0.15) is 5.41 Å². The van der Waals surface area contributed by atoms with Gasteiger partial charge in [-0.25, -0.2) is 0 Å². The number of carbonyl (C=O) groups is 1. The van der Waals surface area contributed by atoms with Crippen molar-refractivity contribution in [2.45, 2.75) is 18.8 Å². The van der Waals surface area contributed by atoms with Crippen LogP contribution in [0.4, 0.5) is 0 Å². The Balaban J connectivity index is 2.49. The number of hydrogen-bond donors (Lipinski definition) is 1. The zero-order chi connectivity index (χ0) is 14.6. The van der Waals surface area contributed by atoms with Gasteiger partial charge in [0.2, 0.25) is 0 Å². The molecular weight excluding hydrogens is 272 g/mol. The average molecular weight is 290 g/mol. The molecule has 0 fully saturated rings. The molecule has 106 valence electrons. The van der Waals surface area contributed by atoms with Gasteiger partial charge in [-0.05, 0) is 12.5 Å². The normalized spacial score (nSPS) is 13.8. The molecule has 1 atom stereocenters. The van der Waals surface area contributed by atoms with Crippen LogP contribution < -0.4 is 5.73 Å². The molecule has 0 aliphatic heterocycles. The van der Waals surface area contributed by atoms with Crippen LogP contribution in [0.3, 0.4) is 0 Å². The maximum absolute atomic E-state index is 12.4. The molecule has 1 aromatic heterocycles. The van der Waals surface area contributed by atoms with Crippen molar-refractivity contribution in [1.29, 1.82) is 0 Å². The first-order valence-electron chi connectivity index (χ1n) is 6.35. The van der Waals surface area contributed by atoms with Crippen LogP contribution in [-0.4, -0.2) is 24.6 Å². The first kappa shape index (κ1) is 14.7. The highest BCUT2D eigenvalue weighted by atomic mass is 32.1. The van der Waals surface area contributed by atoms with Crippen molar-refractivity contribution in [3.63, 3.8) is 0 Å². The van der Waals surface area contributed by atoms with E-state index in [0.29, 0.717) is 6.42 Å². The molecule has 0 aliphatic carbocycles. The summed E-state index contributed by atoms with van der Waals surface area (Å²) >= 11 is 1.52. The Kier molecular flexibility index (Phi) is 4.52. The molecule has 0 saturated heterocycles. The van der Waals surface area contributed by atoms with Crippen LogP contribution in [0.2, 0.25) is 0 Å². The van der Waals surface area contributed by atoms with Crippen LogP contribution in [0, 0.1) is 6.92 Å². The van der Waals surface area contributed by atoms with Crippen molar-refractivity contribution >= 4 is 17.3 Å². The molecule has 2 N–H and O–H groups in total. The largest absolute Gasteiger partial charge is 0.468 e. The first-order chi connectivity index (χ1) is 9.62. The molecule has 2 rings (SSSR count). The number of thiazole rings is 1. The Morgan fingerprint density at radius 2 is 2.30 bits per heavy atom. The average Bonchev–Trinajstić information content (AvgIpc) is 2.96. The molecule has 1 heterocycles. The van der Waals surface area contributed by atoms with E-state index >= 15 is 0 Å². The zero-order valence-electron chi connectivity index (χ0n) is 11.6. The fourth-order valence-electron chi connectivity index (χ4n) is 2.33. The number of benzene rings is 1. The molecule has 0 radical (unpaired) electrons. The molecule has 1 unspecified atom stereocenters. The Labute approximate surface area is 122 Å². The Morgan fingerprint density at radius 3 is 2.85 bits per heavy atom. The standard InChI is InChI=1S/C15H18N2O2S/c1-11-4-3-5-12(6-11)15(9-16,14(18)19-2)7-13-8-17-10-20-13/h3-6,8,10H,7,9,16H2,1-2H3. The van der Waals surface area contributed by atoms with Gasteiger partial charge in [0.15, 0.2) is 0 Å². The van der Waals surface area contributed by atoms with Gasteiger partial charge < -0.3 is 10.5 Å². The third kappa shape index (κ3) is 2.73. The summed E-state index contributed by atoms with van der Waals surface area (Å²) < 4.78 is 5.01. The fourth-order valence-corrected chi connectivity index (χ4v) is 3.04. The Bertz CT molecular complexity index is 583. The SMILES string of the molecule is COC(=O)C(CN)(Cc1cncs1)c1cccc(C)c1. The van der Waals surface area contributed by atoms with Gasteiger partial charge >= 0.3 is 5.97 Å². The third-order valence-electron chi connectivity index (χ3n) is 3.45. The number of nitrogens with zero attached hydrogens (tertiary/aromatic N) is 1. The van der Waals surface area contributed by atoms with Gasteiger partial charge in [-0.15, -0.1) is 11.3 Å². The van der Waals surface area contributed by atoms with Gasteiger partial charge in [0, 0.05) is 24.0 Å². The lowest BCUT2D eigenvalue weighted by atomic mass is 9.76. The van der Waals surface area contributed by atoms with Crippen molar-refractivity contribution in [2.24, 2.45) is 5.73 Å². The first-order valence-corrected chi connectivity index (χ1v) is 7.23. The molecule has 0 saturated carbocycles. The molecule has 2 aromatic rings. The van der Waals surface area contributed by atoms with E-state index in [9.17, 15) is 4.79 Å². The number of carbonyl (C=O) groups excluding carboxylic acids is 1. The van der Waals surface area contributed by atoms with Gasteiger partial charge in [-0.2, -0.15) is 0 Å². The smallest absolute Gasteiger partial charge is 0.317 e. The number of esters is 1. The minimum absolute atomic E-state index is 0.195. The summed E-state index contributed by atoms with van der Waals surface area (Å²) in [5.74, 6) is -0.306. The Morgan fingerprint density at radius 1 is 1.50 bits per heavy atom. The van der Waals surface area contributed by atoms with Crippen LogP contribution in [0.25, 0.3) is 0 Å². The lowest BCUT2D eigenvalue weighted by Gasteiger charge is -2.30. The summed E-state index contributed by atoms with van der Waals surface area (Å²) in [6.07, 6.45) is 2.28. The monoisotopic (exact) mass is 290 g/mol. The molecule has 4 nitrogen and oxygen atoms in total. The number of aryl methyl sites for hydroxylation is 1. The van der Waals surface area contributed by atoms with E-state index in [0.717, 1.165) is 16.0 Å². The topological polar surface area (TPSA) is 65.2 Å². The molecule has 0 bridgehead atoms.